The fraction of sp³-hybridized carbons (Fsp3) is 0.588. The van der Waals surface area contributed by atoms with Gasteiger partial charge in [0.25, 0.3) is 0 Å². The maximum atomic E-state index is 12.3. The molecule has 0 bridgehead atoms. The SMILES string of the molecule is O=C(CCN1CCOCC1)Nc1ccccc1N1CCOCC1. The number of nitrogens with one attached hydrogen (secondary N) is 1. The quantitative estimate of drug-likeness (QED) is 0.883. The van der Waals surface area contributed by atoms with Crippen molar-refractivity contribution in [2.75, 3.05) is 69.4 Å². The van der Waals surface area contributed by atoms with Gasteiger partial charge in [0.2, 0.25) is 5.91 Å². The molecule has 0 aromatic heterocycles. The van der Waals surface area contributed by atoms with Gasteiger partial charge in [0.1, 0.15) is 0 Å². The summed E-state index contributed by atoms with van der Waals surface area (Å²) in [6, 6.07) is 8.00. The number of benzene rings is 1. The van der Waals surface area contributed by atoms with Crippen LogP contribution in [0.1, 0.15) is 6.42 Å². The molecule has 2 aliphatic heterocycles. The lowest BCUT2D eigenvalue weighted by molar-refractivity contribution is -0.116. The van der Waals surface area contributed by atoms with Crippen LogP contribution in [-0.4, -0.2) is 70.0 Å². The van der Waals surface area contributed by atoms with Crippen molar-refractivity contribution in [3.05, 3.63) is 24.3 Å². The van der Waals surface area contributed by atoms with E-state index in [1.54, 1.807) is 0 Å². The molecule has 126 valence electrons. The van der Waals surface area contributed by atoms with Crippen molar-refractivity contribution in [2.24, 2.45) is 0 Å². The minimum atomic E-state index is 0.0669. The third-order valence-corrected chi connectivity index (χ3v) is 4.29. The fourth-order valence-electron chi connectivity index (χ4n) is 2.96. The Kier molecular flexibility index (Phi) is 5.85. The highest BCUT2D eigenvalue weighted by atomic mass is 16.5. The van der Waals surface area contributed by atoms with Crippen molar-refractivity contribution in [3.8, 4) is 0 Å². The van der Waals surface area contributed by atoms with Gasteiger partial charge in [-0.2, -0.15) is 0 Å². The zero-order valence-corrected chi connectivity index (χ0v) is 13.5. The summed E-state index contributed by atoms with van der Waals surface area (Å²) in [5, 5.41) is 3.07. The monoisotopic (exact) mass is 319 g/mol. The summed E-state index contributed by atoms with van der Waals surface area (Å²) >= 11 is 0. The molecule has 2 fully saturated rings. The minimum Gasteiger partial charge on any atom is -0.379 e. The molecule has 2 saturated heterocycles. The van der Waals surface area contributed by atoms with Crippen molar-refractivity contribution in [1.29, 1.82) is 0 Å². The molecule has 1 amide bonds. The van der Waals surface area contributed by atoms with Gasteiger partial charge in [-0.05, 0) is 12.1 Å². The molecule has 0 saturated carbocycles. The van der Waals surface area contributed by atoms with Crippen molar-refractivity contribution in [1.82, 2.24) is 4.90 Å². The van der Waals surface area contributed by atoms with Crippen molar-refractivity contribution in [2.45, 2.75) is 6.42 Å². The number of hydrogen-bond acceptors (Lipinski definition) is 5. The first-order valence-corrected chi connectivity index (χ1v) is 8.34. The Hall–Kier alpha value is -1.63. The van der Waals surface area contributed by atoms with Gasteiger partial charge in [0, 0.05) is 39.1 Å². The second kappa shape index (κ2) is 8.29. The number of amides is 1. The predicted molar refractivity (Wildman–Crippen MR) is 90.0 cm³/mol. The van der Waals surface area contributed by atoms with Gasteiger partial charge in [-0.15, -0.1) is 0 Å². The number of nitrogens with zero attached hydrogens (tertiary/aromatic N) is 2. The molecule has 2 aliphatic rings. The highest BCUT2D eigenvalue weighted by Gasteiger charge is 2.16. The van der Waals surface area contributed by atoms with Crippen molar-refractivity contribution in [3.63, 3.8) is 0 Å². The van der Waals surface area contributed by atoms with E-state index in [1.807, 2.05) is 18.2 Å². The summed E-state index contributed by atoms with van der Waals surface area (Å²) < 4.78 is 10.7. The van der Waals surface area contributed by atoms with E-state index in [2.05, 4.69) is 21.2 Å². The fourth-order valence-corrected chi connectivity index (χ4v) is 2.96. The number of carbonyl (C=O) groups is 1. The number of carbonyl (C=O) groups excluding carboxylic acids is 1. The smallest absolute Gasteiger partial charge is 0.225 e. The average molecular weight is 319 g/mol. The Morgan fingerprint density at radius 2 is 1.65 bits per heavy atom. The van der Waals surface area contributed by atoms with Crippen LogP contribution in [0, 0.1) is 0 Å². The summed E-state index contributed by atoms with van der Waals surface area (Å²) in [7, 11) is 0. The Labute approximate surface area is 137 Å². The van der Waals surface area contributed by atoms with E-state index < -0.39 is 0 Å². The van der Waals surface area contributed by atoms with E-state index in [0.717, 1.165) is 70.5 Å². The number of para-hydroxylation sites is 2. The molecule has 1 N–H and O–H groups in total. The summed E-state index contributed by atoms with van der Waals surface area (Å²) in [4.78, 5) is 16.8. The van der Waals surface area contributed by atoms with E-state index in [1.165, 1.54) is 0 Å². The van der Waals surface area contributed by atoms with Crippen LogP contribution < -0.4 is 10.2 Å². The molecule has 1 aromatic rings. The molecule has 3 rings (SSSR count). The average Bonchev–Trinajstić information content (AvgIpc) is 2.62. The molecule has 0 aliphatic carbocycles. The topological polar surface area (TPSA) is 54.0 Å². The van der Waals surface area contributed by atoms with Crippen LogP contribution in [0.15, 0.2) is 24.3 Å². The Balaban J connectivity index is 1.55. The molecular weight excluding hydrogens is 294 g/mol. The molecule has 1 aromatic carbocycles. The molecule has 0 unspecified atom stereocenters. The van der Waals surface area contributed by atoms with Gasteiger partial charge >= 0.3 is 0 Å². The van der Waals surface area contributed by atoms with Crippen LogP contribution in [0.4, 0.5) is 11.4 Å². The van der Waals surface area contributed by atoms with Gasteiger partial charge in [-0.3, -0.25) is 9.69 Å². The predicted octanol–water partition coefficient (Wildman–Crippen LogP) is 1.18. The maximum absolute atomic E-state index is 12.3. The zero-order valence-electron chi connectivity index (χ0n) is 13.5. The summed E-state index contributed by atoms with van der Waals surface area (Å²) in [5.41, 5.74) is 1.97. The zero-order chi connectivity index (χ0) is 15.9. The number of morpholine rings is 2. The maximum Gasteiger partial charge on any atom is 0.225 e. The lowest BCUT2D eigenvalue weighted by atomic mass is 10.2. The summed E-state index contributed by atoms with van der Waals surface area (Å²) in [5.74, 6) is 0.0669. The number of rotatable bonds is 5. The van der Waals surface area contributed by atoms with Gasteiger partial charge in [0.15, 0.2) is 0 Å². The molecule has 23 heavy (non-hydrogen) atoms. The summed E-state index contributed by atoms with van der Waals surface area (Å²) in [6.45, 7) is 7.34. The molecular formula is C17H25N3O3. The largest absolute Gasteiger partial charge is 0.379 e. The van der Waals surface area contributed by atoms with Crippen LogP contribution in [0.3, 0.4) is 0 Å². The normalized spacial score (nSPS) is 19.6. The van der Waals surface area contributed by atoms with Crippen LogP contribution in [0.25, 0.3) is 0 Å². The first-order chi connectivity index (χ1) is 11.3. The molecule has 0 radical (unpaired) electrons. The van der Waals surface area contributed by atoms with Crippen molar-refractivity contribution >= 4 is 17.3 Å². The molecule has 0 spiro atoms. The highest BCUT2D eigenvalue weighted by molar-refractivity contribution is 5.94. The molecule has 2 heterocycles. The first kappa shape index (κ1) is 16.2. The van der Waals surface area contributed by atoms with Gasteiger partial charge in [-0.25, -0.2) is 0 Å². The van der Waals surface area contributed by atoms with Gasteiger partial charge in [0.05, 0.1) is 37.8 Å². The third kappa shape index (κ3) is 4.67. The highest BCUT2D eigenvalue weighted by Crippen LogP contribution is 2.26. The Morgan fingerprint density at radius 1 is 1.00 bits per heavy atom. The Morgan fingerprint density at radius 3 is 2.39 bits per heavy atom. The number of ether oxygens (including phenoxy) is 2. The second-order valence-corrected chi connectivity index (χ2v) is 5.87. The van der Waals surface area contributed by atoms with Crippen LogP contribution in [-0.2, 0) is 14.3 Å². The van der Waals surface area contributed by atoms with E-state index >= 15 is 0 Å². The summed E-state index contributed by atoms with van der Waals surface area (Å²) in [6.07, 6.45) is 0.511. The van der Waals surface area contributed by atoms with E-state index in [-0.39, 0.29) is 5.91 Å². The molecule has 6 nitrogen and oxygen atoms in total. The lowest BCUT2D eigenvalue weighted by Crippen LogP contribution is -2.38. The Bertz CT molecular complexity index is 512. The van der Waals surface area contributed by atoms with Gasteiger partial charge < -0.3 is 19.7 Å². The first-order valence-electron chi connectivity index (χ1n) is 8.34. The second-order valence-electron chi connectivity index (χ2n) is 5.87. The van der Waals surface area contributed by atoms with Gasteiger partial charge in [-0.1, -0.05) is 12.1 Å². The van der Waals surface area contributed by atoms with Crippen LogP contribution in [0.2, 0.25) is 0 Å². The minimum absolute atomic E-state index is 0.0669. The van der Waals surface area contributed by atoms with Crippen molar-refractivity contribution < 1.29 is 14.3 Å². The molecule has 6 heteroatoms. The third-order valence-electron chi connectivity index (χ3n) is 4.29. The number of anilines is 2. The number of hydrogen-bond donors (Lipinski definition) is 1. The van der Waals surface area contributed by atoms with Crippen LogP contribution >= 0.6 is 0 Å². The standard InChI is InChI=1S/C17H25N3O3/c21-17(5-6-19-7-11-22-12-8-19)18-15-3-1-2-4-16(15)20-9-13-23-14-10-20/h1-4H,5-14H2,(H,18,21). The van der Waals surface area contributed by atoms with Crippen LogP contribution in [0.5, 0.6) is 0 Å². The molecule has 0 atom stereocenters. The van der Waals surface area contributed by atoms with E-state index in [9.17, 15) is 4.79 Å². The van der Waals surface area contributed by atoms with E-state index in [0.29, 0.717) is 6.42 Å². The van der Waals surface area contributed by atoms with E-state index in [4.69, 9.17) is 9.47 Å². The lowest BCUT2D eigenvalue weighted by Gasteiger charge is -2.30.